The number of methoxy groups -OCH3 is 1. The van der Waals surface area contributed by atoms with Gasteiger partial charge >= 0.3 is 0 Å². The number of hydrogen-bond donors (Lipinski definition) is 1. The van der Waals surface area contributed by atoms with Crippen molar-refractivity contribution in [2.45, 2.75) is 38.5 Å². The van der Waals surface area contributed by atoms with Gasteiger partial charge in [-0.05, 0) is 60.1 Å². The van der Waals surface area contributed by atoms with E-state index in [2.05, 4.69) is 35.6 Å². The molecule has 2 aromatic rings. The Morgan fingerprint density at radius 3 is 2.87 bits per heavy atom. The fourth-order valence-electron chi connectivity index (χ4n) is 3.20. The molecule has 3 heteroatoms. The molecule has 0 aliphatic heterocycles. The second kappa shape index (κ2) is 7.49. The molecule has 0 aromatic heterocycles. The highest BCUT2D eigenvalue weighted by molar-refractivity contribution is 5.87. The molecule has 1 N–H and O–H groups in total. The van der Waals surface area contributed by atoms with E-state index in [1.807, 2.05) is 6.07 Å². The average molecular weight is 311 g/mol. The summed E-state index contributed by atoms with van der Waals surface area (Å²) in [4.78, 5) is 11.8. The molecule has 122 valence electrons. The molecule has 3 rings (SSSR count). The zero-order chi connectivity index (χ0) is 16.1. The quantitative estimate of drug-likeness (QED) is 0.782. The molecule has 1 aliphatic rings. The Morgan fingerprint density at radius 2 is 2.13 bits per heavy atom. The number of ether oxygens (including phenoxy) is 1. The van der Waals surface area contributed by atoms with Crippen LogP contribution in [0.2, 0.25) is 0 Å². The van der Waals surface area contributed by atoms with Crippen LogP contribution in [0.1, 0.15) is 37.7 Å². The van der Waals surface area contributed by atoms with Crippen molar-refractivity contribution in [2.24, 2.45) is 5.92 Å². The molecule has 0 bridgehead atoms. The SMILES string of the molecule is COc1ccc2cccc(CCCNC(=O)CC3CCC3)c2c1. The zero-order valence-corrected chi connectivity index (χ0v) is 13.8. The number of hydrogen-bond acceptors (Lipinski definition) is 2. The maximum absolute atomic E-state index is 11.8. The van der Waals surface area contributed by atoms with Gasteiger partial charge in [-0.15, -0.1) is 0 Å². The Morgan fingerprint density at radius 1 is 1.26 bits per heavy atom. The maximum atomic E-state index is 11.8. The van der Waals surface area contributed by atoms with Crippen molar-refractivity contribution >= 4 is 16.7 Å². The van der Waals surface area contributed by atoms with Gasteiger partial charge in [0.2, 0.25) is 5.91 Å². The smallest absolute Gasteiger partial charge is 0.220 e. The maximum Gasteiger partial charge on any atom is 0.220 e. The van der Waals surface area contributed by atoms with Crippen LogP contribution < -0.4 is 10.1 Å². The number of fused-ring (bicyclic) bond motifs is 1. The Labute approximate surface area is 138 Å². The summed E-state index contributed by atoms with van der Waals surface area (Å²) in [5.74, 6) is 1.74. The lowest BCUT2D eigenvalue weighted by atomic mass is 9.83. The number of carbonyl (C=O) groups is 1. The number of rotatable bonds is 7. The standard InChI is InChI=1S/C20H25NO2/c1-23-18-11-10-17-8-3-7-16(19(17)14-18)9-4-12-21-20(22)13-15-5-2-6-15/h3,7-8,10-11,14-15H,2,4-6,9,12-13H2,1H3,(H,21,22). The van der Waals surface area contributed by atoms with E-state index in [0.717, 1.165) is 25.1 Å². The average Bonchev–Trinajstić information content (AvgIpc) is 2.54. The predicted molar refractivity (Wildman–Crippen MR) is 93.8 cm³/mol. The minimum atomic E-state index is 0.217. The van der Waals surface area contributed by atoms with Crippen molar-refractivity contribution in [1.29, 1.82) is 0 Å². The molecule has 1 aliphatic carbocycles. The highest BCUT2D eigenvalue weighted by Gasteiger charge is 2.20. The van der Waals surface area contributed by atoms with Crippen LogP contribution in [0.15, 0.2) is 36.4 Å². The molecule has 1 amide bonds. The van der Waals surface area contributed by atoms with Gasteiger partial charge in [0.1, 0.15) is 5.75 Å². The second-order valence-corrected chi connectivity index (χ2v) is 6.46. The number of benzene rings is 2. The van der Waals surface area contributed by atoms with Gasteiger partial charge in [-0.2, -0.15) is 0 Å². The number of aryl methyl sites for hydroxylation is 1. The van der Waals surface area contributed by atoms with Crippen LogP contribution in [0, 0.1) is 5.92 Å². The van der Waals surface area contributed by atoms with Gasteiger partial charge in [-0.3, -0.25) is 4.79 Å². The van der Waals surface area contributed by atoms with Crippen LogP contribution in [-0.2, 0) is 11.2 Å². The Hall–Kier alpha value is -2.03. The van der Waals surface area contributed by atoms with Crippen molar-refractivity contribution in [3.05, 3.63) is 42.0 Å². The van der Waals surface area contributed by atoms with Crippen LogP contribution in [0.3, 0.4) is 0 Å². The molecule has 1 fully saturated rings. The topological polar surface area (TPSA) is 38.3 Å². The molecular weight excluding hydrogens is 286 g/mol. The summed E-state index contributed by atoms with van der Waals surface area (Å²) in [5.41, 5.74) is 1.31. The molecule has 23 heavy (non-hydrogen) atoms. The Bertz CT molecular complexity index is 676. The fraction of sp³-hybridized carbons (Fsp3) is 0.450. The monoisotopic (exact) mass is 311 g/mol. The number of amides is 1. The van der Waals surface area contributed by atoms with Gasteiger partial charge in [0.15, 0.2) is 0 Å². The van der Waals surface area contributed by atoms with Crippen molar-refractivity contribution in [3.63, 3.8) is 0 Å². The third-order valence-corrected chi connectivity index (χ3v) is 4.82. The van der Waals surface area contributed by atoms with E-state index in [-0.39, 0.29) is 5.91 Å². The molecule has 0 radical (unpaired) electrons. The molecule has 2 aromatic carbocycles. The normalized spacial score (nSPS) is 14.5. The zero-order valence-electron chi connectivity index (χ0n) is 13.8. The first-order valence-corrected chi connectivity index (χ1v) is 8.58. The van der Waals surface area contributed by atoms with Crippen LogP contribution in [0.4, 0.5) is 0 Å². The van der Waals surface area contributed by atoms with Crippen molar-refractivity contribution in [2.75, 3.05) is 13.7 Å². The Kier molecular flexibility index (Phi) is 5.16. The summed E-state index contributed by atoms with van der Waals surface area (Å²) >= 11 is 0. The molecule has 0 heterocycles. The van der Waals surface area contributed by atoms with E-state index in [4.69, 9.17) is 4.74 Å². The highest BCUT2D eigenvalue weighted by atomic mass is 16.5. The third kappa shape index (κ3) is 4.04. The van der Waals surface area contributed by atoms with Crippen LogP contribution in [0.25, 0.3) is 10.8 Å². The third-order valence-electron chi connectivity index (χ3n) is 4.82. The van der Waals surface area contributed by atoms with E-state index in [9.17, 15) is 4.79 Å². The summed E-state index contributed by atoms with van der Waals surface area (Å²) in [7, 11) is 1.70. The first-order chi connectivity index (χ1) is 11.3. The first kappa shape index (κ1) is 15.9. The van der Waals surface area contributed by atoms with E-state index in [1.54, 1.807) is 7.11 Å². The van der Waals surface area contributed by atoms with Gasteiger partial charge in [-0.25, -0.2) is 0 Å². The highest BCUT2D eigenvalue weighted by Crippen LogP contribution is 2.29. The van der Waals surface area contributed by atoms with Gasteiger partial charge in [0.25, 0.3) is 0 Å². The number of carbonyl (C=O) groups excluding carboxylic acids is 1. The summed E-state index contributed by atoms with van der Waals surface area (Å²) in [6, 6.07) is 12.6. The minimum absolute atomic E-state index is 0.217. The summed E-state index contributed by atoms with van der Waals surface area (Å²) in [6.45, 7) is 0.756. The van der Waals surface area contributed by atoms with Gasteiger partial charge in [0.05, 0.1) is 7.11 Å². The number of nitrogens with one attached hydrogen (secondary N) is 1. The molecule has 0 unspecified atom stereocenters. The molecule has 3 nitrogen and oxygen atoms in total. The Balaban J connectivity index is 1.53. The van der Waals surface area contributed by atoms with Crippen molar-refractivity contribution < 1.29 is 9.53 Å². The van der Waals surface area contributed by atoms with Gasteiger partial charge in [-0.1, -0.05) is 30.7 Å². The molecule has 0 saturated heterocycles. The molecule has 0 atom stereocenters. The molecular formula is C20H25NO2. The van der Waals surface area contributed by atoms with E-state index in [1.165, 1.54) is 35.6 Å². The van der Waals surface area contributed by atoms with E-state index >= 15 is 0 Å². The van der Waals surface area contributed by atoms with E-state index < -0.39 is 0 Å². The lowest BCUT2D eigenvalue weighted by Crippen LogP contribution is -2.28. The summed E-state index contributed by atoms with van der Waals surface area (Å²) in [6.07, 6.45) is 6.39. The second-order valence-electron chi connectivity index (χ2n) is 6.46. The lowest BCUT2D eigenvalue weighted by molar-refractivity contribution is -0.122. The van der Waals surface area contributed by atoms with Crippen LogP contribution in [-0.4, -0.2) is 19.6 Å². The first-order valence-electron chi connectivity index (χ1n) is 8.58. The molecule has 1 saturated carbocycles. The summed E-state index contributed by atoms with van der Waals surface area (Å²) < 4.78 is 5.33. The minimum Gasteiger partial charge on any atom is -0.497 e. The molecule has 0 spiro atoms. The lowest BCUT2D eigenvalue weighted by Gasteiger charge is -2.24. The van der Waals surface area contributed by atoms with Crippen molar-refractivity contribution in [1.82, 2.24) is 5.32 Å². The van der Waals surface area contributed by atoms with Crippen LogP contribution in [0.5, 0.6) is 5.75 Å². The van der Waals surface area contributed by atoms with Crippen molar-refractivity contribution in [3.8, 4) is 5.75 Å². The van der Waals surface area contributed by atoms with Gasteiger partial charge < -0.3 is 10.1 Å². The predicted octanol–water partition coefficient (Wildman–Crippen LogP) is 4.09. The van der Waals surface area contributed by atoms with Crippen LogP contribution >= 0.6 is 0 Å². The van der Waals surface area contributed by atoms with E-state index in [0.29, 0.717) is 12.3 Å². The fourth-order valence-corrected chi connectivity index (χ4v) is 3.20. The van der Waals surface area contributed by atoms with Gasteiger partial charge in [0, 0.05) is 13.0 Å². The largest absolute Gasteiger partial charge is 0.497 e. The summed E-state index contributed by atoms with van der Waals surface area (Å²) in [5, 5.41) is 5.54.